The number of amides is 2. The average Bonchev–Trinajstić information content (AvgIpc) is 2.95. The largest absolute Gasteiger partial charge is 0.337 e. The monoisotopic (exact) mass is 402 g/mol. The predicted octanol–water partition coefficient (Wildman–Crippen LogP) is 1.93. The fourth-order valence-corrected chi connectivity index (χ4v) is 3.58. The molecule has 2 heterocycles. The van der Waals surface area contributed by atoms with Gasteiger partial charge in [0.25, 0.3) is 23.1 Å². The third-order valence-corrected chi connectivity index (χ3v) is 5.02. The first kappa shape index (κ1) is 20.0. The lowest BCUT2D eigenvalue weighted by atomic mass is 10.1. The van der Waals surface area contributed by atoms with E-state index in [0.717, 1.165) is 0 Å². The zero-order valence-electron chi connectivity index (χ0n) is 15.5. The third-order valence-electron chi connectivity index (χ3n) is 4.62. The maximum Gasteiger partial charge on any atom is 0.272 e. The molecule has 0 radical (unpaired) electrons. The van der Waals surface area contributed by atoms with E-state index >= 15 is 0 Å². The van der Waals surface area contributed by atoms with Gasteiger partial charge < -0.3 is 9.80 Å². The topological polar surface area (TPSA) is 103 Å². The summed E-state index contributed by atoms with van der Waals surface area (Å²) in [5.74, 6) is -0.245. The normalized spacial score (nSPS) is 15.6. The van der Waals surface area contributed by atoms with Crippen molar-refractivity contribution in [2.75, 3.05) is 30.9 Å². The number of pyridine rings is 1. The summed E-state index contributed by atoms with van der Waals surface area (Å²) in [5.41, 5.74) is 2.12. The van der Waals surface area contributed by atoms with E-state index in [1.54, 1.807) is 59.3 Å². The molecule has 2 N–H and O–H groups in total. The van der Waals surface area contributed by atoms with Crippen molar-refractivity contribution in [2.45, 2.75) is 13.3 Å². The predicted molar refractivity (Wildman–Crippen MR) is 106 cm³/mol. The molecule has 148 valence electrons. The van der Waals surface area contributed by atoms with Gasteiger partial charge in [0, 0.05) is 37.9 Å². The van der Waals surface area contributed by atoms with Crippen molar-refractivity contribution < 1.29 is 18.4 Å². The van der Waals surface area contributed by atoms with E-state index in [-0.39, 0.29) is 11.8 Å². The average molecular weight is 402 g/mol. The van der Waals surface area contributed by atoms with Gasteiger partial charge in [0.1, 0.15) is 5.69 Å². The van der Waals surface area contributed by atoms with E-state index < -0.39 is 11.3 Å². The van der Waals surface area contributed by atoms with Gasteiger partial charge in [0.2, 0.25) is 0 Å². The molecule has 1 aliphatic heterocycles. The Morgan fingerprint density at radius 3 is 2.39 bits per heavy atom. The number of nitrogens with zero attached hydrogens (tertiary/aromatic N) is 3. The van der Waals surface area contributed by atoms with Crippen molar-refractivity contribution in [3.63, 3.8) is 0 Å². The minimum atomic E-state index is -2.16. The Kier molecular flexibility index (Phi) is 6.37. The highest BCUT2D eigenvalue weighted by molar-refractivity contribution is 7.80. The number of benzene rings is 1. The van der Waals surface area contributed by atoms with E-state index in [2.05, 4.69) is 9.71 Å². The van der Waals surface area contributed by atoms with Crippen LogP contribution in [0.5, 0.6) is 0 Å². The van der Waals surface area contributed by atoms with Crippen LogP contribution in [0.2, 0.25) is 0 Å². The molecular formula is C19H22N4O4S. The lowest BCUT2D eigenvalue weighted by molar-refractivity contribution is 0.0715. The number of carbonyl (C=O) groups is 2. The van der Waals surface area contributed by atoms with Crippen molar-refractivity contribution >= 4 is 28.8 Å². The molecule has 28 heavy (non-hydrogen) atoms. The number of nitrogens with one attached hydrogen (secondary N) is 1. The highest BCUT2D eigenvalue weighted by atomic mass is 32.2. The van der Waals surface area contributed by atoms with Crippen LogP contribution in [0.4, 0.5) is 5.69 Å². The third kappa shape index (κ3) is 4.73. The summed E-state index contributed by atoms with van der Waals surface area (Å²) in [6.07, 6.45) is 2.28. The van der Waals surface area contributed by atoms with Gasteiger partial charge >= 0.3 is 0 Å². The van der Waals surface area contributed by atoms with Crippen LogP contribution < -0.4 is 4.72 Å². The van der Waals surface area contributed by atoms with Gasteiger partial charge in [0.15, 0.2) is 0 Å². The smallest absolute Gasteiger partial charge is 0.272 e. The van der Waals surface area contributed by atoms with Gasteiger partial charge in [0.05, 0.1) is 5.69 Å². The summed E-state index contributed by atoms with van der Waals surface area (Å²) in [6, 6.07) is 10.2. The Morgan fingerprint density at radius 1 is 1.07 bits per heavy atom. The Hall–Kier alpha value is -2.78. The highest BCUT2D eigenvalue weighted by Gasteiger charge is 2.24. The van der Waals surface area contributed by atoms with Gasteiger partial charge in [-0.1, -0.05) is 6.07 Å². The van der Waals surface area contributed by atoms with Crippen LogP contribution in [0.1, 0.15) is 32.8 Å². The first-order valence-corrected chi connectivity index (χ1v) is 10.0. The Morgan fingerprint density at radius 2 is 1.79 bits per heavy atom. The molecule has 1 atom stereocenters. The Labute approximate surface area is 166 Å². The Balaban J connectivity index is 1.66. The van der Waals surface area contributed by atoms with Gasteiger partial charge in [-0.05, 0) is 49.2 Å². The number of aromatic nitrogens is 1. The quantitative estimate of drug-likeness (QED) is 0.761. The molecule has 1 aliphatic rings. The zero-order valence-corrected chi connectivity index (χ0v) is 16.3. The van der Waals surface area contributed by atoms with Crippen molar-refractivity contribution in [3.05, 3.63) is 59.4 Å². The molecule has 0 aliphatic carbocycles. The number of anilines is 1. The number of hydrogen-bond acceptors (Lipinski definition) is 4. The van der Waals surface area contributed by atoms with E-state index in [1.165, 1.54) is 0 Å². The molecule has 1 unspecified atom stereocenters. The molecule has 0 bridgehead atoms. The SMILES string of the molecule is Cc1cc(C(=O)N2CCCN(C(=O)c3ccccn3)CC2)ccc1NS(=O)O. The van der Waals surface area contributed by atoms with Crippen LogP contribution >= 0.6 is 0 Å². The molecule has 3 rings (SSSR count). The maximum absolute atomic E-state index is 12.9. The second-order valence-corrected chi connectivity index (χ2v) is 7.24. The molecule has 1 saturated heterocycles. The first-order chi connectivity index (χ1) is 13.5. The summed E-state index contributed by atoms with van der Waals surface area (Å²) in [5, 5.41) is 0. The molecule has 2 aromatic rings. The van der Waals surface area contributed by atoms with Crippen LogP contribution in [-0.4, -0.2) is 61.5 Å². The number of carbonyl (C=O) groups excluding carboxylic acids is 2. The van der Waals surface area contributed by atoms with E-state index in [9.17, 15) is 13.8 Å². The molecule has 8 nitrogen and oxygen atoms in total. The molecular weight excluding hydrogens is 380 g/mol. The van der Waals surface area contributed by atoms with Crippen molar-refractivity contribution in [1.82, 2.24) is 14.8 Å². The van der Waals surface area contributed by atoms with E-state index in [0.29, 0.717) is 55.1 Å². The van der Waals surface area contributed by atoms with Crippen LogP contribution in [0.25, 0.3) is 0 Å². The molecule has 2 amide bonds. The summed E-state index contributed by atoms with van der Waals surface area (Å²) in [6.45, 7) is 3.79. The number of aryl methyl sites for hydroxylation is 1. The minimum Gasteiger partial charge on any atom is -0.337 e. The van der Waals surface area contributed by atoms with Crippen LogP contribution in [-0.2, 0) is 11.3 Å². The highest BCUT2D eigenvalue weighted by Crippen LogP contribution is 2.19. The van der Waals surface area contributed by atoms with Crippen LogP contribution in [0.15, 0.2) is 42.6 Å². The maximum atomic E-state index is 12.9. The molecule has 0 saturated carbocycles. The van der Waals surface area contributed by atoms with Gasteiger partial charge in [-0.3, -0.25) is 23.8 Å². The van der Waals surface area contributed by atoms with Crippen molar-refractivity contribution in [3.8, 4) is 0 Å². The number of rotatable bonds is 4. The molecule has 1 aromatic heterocycles. The lowest BCUT2D eigenvalue weighted by Gasteiger charge is -2.22. The van der Waals surface area contributed by atoms with Crippen LogP contribution in [0, 0.1) is 6.92 Å². The summed E-state index contributed by atoms with van der Waals surface area (Å²) >= 11 is -2.16. The minimum absolute atomic E-state index is 0.119. The van der Waals surface area contributed by atoms with Gasteiger partial charge in [-0.2, -0.15) is 0 Å². The zero-order chi connectivity index (χ0) is 20.1. The molecule has 1 fully saturated rings. The second-order valence-electron chi connectivity index (χ2n) is 6.53. The van der Waals surface area contributed by atoms with Gasteiger partial charge in [-0.25, -0.2) is 4.21 Å². The Bertz CT molecular complexity index is 891. The van der Waals surface area contributed by atoms with Crippen molar-refractivity contribution in [2.24, 2.45) is 0 Å². The fourth-order valence-electron chi connectivity index (χ4n) is 3.16. The molecule has 1 aromatic carbocycles. The summed E-state index contributed by atoms with van der Waals surface area (Å²) < 4.78 is 22.3. The van der Waals surface area contributed by atoms with Crippen LogP contribution in [0.3, 0.4) is 0 Å². The fraction of sp³-hybridized carbons (Fsp3) is 0.316. The second kappa shape index (κ2) is 8.94. The van der Waals surface area contributed by atoms with E-state index in [1.807, 2.05) is 0 Å². The summed E-state index contributed by atoms with van der Waals surface area (Å²) in [7, 11) is 0. The standard InChI is InChI=1S/C19H22N4O4S/c1-14-13-15(6-7-16(14)21-28(26)27)18(24)22-9-4-10-23(12-11-22)19(25)17-5-2-3-8-20-17/h2-3,5-8,13,21H,4,9-12H2,1H3,(H,26,27). The lowest BCUT2D eigenvalue weighted by Crippen LogP contribution is -2.37. The van der Waals surface area contributed by atoms with Crippen molar-refractivity contribution in [1.29, 1.82) is 0 Å². The first-order valence-electron chi connectivity index (χ1n) is 8.93. The molecule has 0 spiro atoms. The van der Waals surface area contributed by atoms with Gasteiger partial charge in [-0.15, -0.1) is 0 Å². The number of hydrogen-bond donors (Lipinski definition) is 2. The summed E-state index contributed by atoms with van der Waals surface area (Å²) in [4.78, 5) is 33.0. The molecule has 9 heteroatoms. The van der Waals surface area contributed by atoms with E-state index in [4.69, 9.17) is 4.55 Å².